The van der Waals surface area contributed by atoms with E-state index in [1.165, 1.54) is 6.07 Å². The van der Waals surface area contributed by atoms with Crippen molar-refractivity contribution in [1.82, 2.24) is 0 Å². The first-order valence-electron chi connectivity index (χ1n) is 4.29. The van der Waals surface area contributed by atoms with Crippen molar-refractivity contribution >= 4 is 5.69 Å². The molecule has 0 heterocycles. The van der Waals surface area contributed by atoms with Gasteiger partial charge in [0.05, 0.1) is 4.92 Å². The fraction of sp³-hybridized carbons (Fsp3) is 0.300. The van der Waals surface area contributed by atoms with Crippen LogP contribution in [0.5, 0.6) is 0 Å². The molecule has 3 heteroatoms. The van der Waals surface area contributed by atoms with Crippen LogP contribution in [0.3, 0.4) is 0 Å². The quantitative estimate of drug-likeness (QED) is 0.525. The first-order valence-corrected chi connectivity index (χ1v) is 4.29. The molecule has 3 nitrogen and oxygen atoms in total. The third-order valence-corrected chi connectivity index (χ3v) is 1.79. The maximum absolute atomic E-state index is 10.4. The highest BCUT2D eigenvalue weighted by atomic mass is 16.6. The summed E-state index contributed by atoms with van der Waals surface area (Å²) in [5.74, 6) is 0. The standard InChI is InChI=1S/C10H12NO2/c1-2-3-5-9-6-4-7-10(8-9)11(12)13/h3-4,6-8H,2,5H2,1H3. The lowest BCUT2D eigenvalue weighted by atomic mass is 10.1. The van der Waals surface area contributed by atoms with Gasteiger partial charge in [-0.1, -0.05) is 25.5 Å². The zero-order valence-corrected chi connectivity index (χ0v) is 7.56. The molecule has 0 bridgehead atoms. The highest BCUT2D eigenvalue weighted by Crippen LogP contribution is 2.14. The molecule has 0 aromatic heterocycles. The van der Waals surface area contributed by atoms with Gasteiger partial charge in [-0.25, -0.2) is 0 Å². The van der Waals surface area contributed by atoms with Gasteiger partial charge in [0.2, 0.25) is 0 Å². The van der Waals surface area contributed by atoms with Gasteiger partial charge < -0.3 is 0 Å². The Bertz CT molecular complexity index is 297. The fourth-order valence-corrected chi connectivity index (χ4v) is 1.11. The zero-order chi connectivity index (χ0) is 9.68. The van der Waals surface area contributed by atoms with Crippen molar-refractivity contribution in [3.05, 3.63) is 46.4 Å². The third kappa shape index (κ3) is 2.86. The number of nitro benzene ring substituents is 1. The van der Waals surface area contributed by atoms with Crippen LogP contribution < -0.4 is 0 Å². The second-order valence-electron chi connectivity index (χ2n) is 2.83. The van der Waals surface area contributed by atoms with E-state index >= 15 is 0 Å². The van der Waals surface area contributed by atoms with Crippen LogP contribution in [0.1, 0.15) is 18.9 Å². The van der Waals surface area contributed by atoms with Crippen LogP contribution in [0.2, 0.25) is 0 Å². The molecule has 1 rings (SSSR count). The van der Waals surface area contributed by atoms with Gasteiger partial charge in [0.15, 0.2) is 0 Å². The normalized spacial score (nSPS) is 9.92. The number of unbranched alkanes of at least 4 members (excludes halogenated alkanes) is 1. The number of nitrogens with zero attached hydrogens (tertiary/aromatic N) is 1. The third-order valence-electron chi connectivity index (χ3n) is 1.79. The molecule has 0 fully saturated rings. The summed E-state index contributed by atoms with van der Waals surface area (Å²) < 4.78 is 0. The summed E-state index contributed by atoms with van der Waals surface area (Å²) in [5.41, 5.74) is 1.16. The van der Waals surface area contributed by atoms with Crippen LogP contribution in [0.4, 0.5) is 5.69 Å². The van der Waals surface area contributed by atoms with Crippen LogP contribution in [-0.2, 0) is 6.42 Å². The Labute approximate surface area is 77.5 Å². The Morgan fingerprint density at radius 3 is 2.92 bits per heavy atom. The second kappa shape index (κ2) is 4.60. The molecule has 1 aromatic carbocycles. The van der Waals surface area contributed by atoms with Gasteiger partial charge in [-0.05, 0) is 18.4 Å². The van der Waals surface area contributed by atoms with E-state index in [0.717, 1.165) is 18.4 Å². The maximum Gasteiger partial charge on any atom is 0.269 e. The van der Waals surface area contributed by atoms with Crippen molar-refractivity contribution in [2.75, 3.05) is 0 Å². The Hall–Kier alpha value is -1.38. The molecule has 1 aromatic rings. The van der Waals surface area contributed by atoms with Crippen LogP contribution in [0, 0.1) is 16.5 Å². The Morgan fingerprint density at radius 2 is 2.31 bits per heavy atom. The van der Waals surface area contributed by atoms with Gasteiger partial charge in [0, 0.05) is 12.1 Å². The molecule has 0 aliphatic heterocycles. The van der Waals surface area contributed by atoms with Crippen LogP contribution in [-0.4, -0.2) is 4.92 Å². The average Bonchev–Trinajstić information content (AvgIpc) is 2.15. The minimum absolute atomic E-state index is 0.169. The Kier molecular flexibility index (Phi) is 3.43. The summed E-state index contributed by atoms with van der Waals surface area (Å²) >= 11 is 0. The van der Waals surface area contributed by atoms with E-state index in [0.29, 0.717) is 0 Å². The summed E-state index contributed by atoms with van der Waals surface area (Å²) in [6.45, 7) is 2.05. The molecule has 1 radical (unpaired) electrons. The van der Waals surface area contributed by atoms with Crippen LogP contribution in [0.25, 0.3) is 0 Å². The molecule has 0 atom stereocenters. The molecular formula is C10H12NO2. The number of hydrogen-bond acceptors (Lipinski definition) is 2. The SMILES string of the molecule is CC[CH]Cc1cccc([N+](=O)[O-])c1. The summed E-state index contributed by atoms with van der Waals surface area (Å²) in [5, 5.41) is 10.4. The van der Waals surface area contributed by atoms with Crippen LogP contribution in [0.15, 0.2) is 24.3 Å². The number of rotatable bonds is 4. The fourth-order valence-electron chi connectivity index (χ4n) is 1.11. The second-order valence-corrected chi connectivity index (χ2v) is 2.83. The van der Waals surface area contributed by atoms with Gasteiger partial charge in [-0.15, -0.1) is 0 Å². The molecule has 0 N–H and O–H groups in total. The number of benzene rings is 1. The maximum atomic E-state index is 10.4. The lowest BCUT2D eigenvalue weighted by molar-refractivity contribution is -0.384. The van der Waals surface area contributed by atoms with Crippen molar-refractivity contribution < 1.29 is 4.92 Å². The number of nitro groups is 1. The number of hydrogen-bond donors (Lipinski definition) is 0. The molecule has 0 unspecified atom stereocenters. The topological polar surface area (TPSA) is 43.1 Å². The molecular weight excluding hydrogens is 166 g/mol. The van der Waals surface area contributed by atoms with Gasteiger partial charge in [0.1, 0.15) is 0 Å². The van der Waals surface area contributed by atoms with E-state index in [9.17, 15) is 10.1 Å². The molecule has 0 aliphatic rings. The van der Waals surface area contributed by atoms with Crippen molar-refractivity contribution in [3.8, 4) is 0 Å². The van der Waals surface area contributed by atoms with E-state index < -0.39 is 0 Å². The monoisotopic (exact) mass is 178 g/mol. The van der Waals surface area contributed by atoms with E-state index in [4.69, 9.17) is 0 Å². The van der Waals surface area contributed by atoms with Crippen molar-refractivity contribution in [2.24, 2.45) is 0 Å². The van der Waals surface area contributed by atoms with Gasteiger partial charge in [0.25, 0.3) is 5.69 Å². The minimum atomic E-state index is -0.366. The minimum Gasteiger partial charge on any atom is -0.258 e. The van der Waals surface area contributed by atoms with E-state index in [1.807, 2.05) is 6.07 Å². The highest BCUT2D eigenvalue weighted by Gasteiger charge is 2.04. The molecule has 0 spiro atoms. The highest BCUT2D eigenvalue weighted by molar-refractivity contribution is 5.34. The van der Waals surface area contributed by atoms with Crippen LogP contribution >= 0.6 is 0 Å². The molecule has 0 saturated carbocycles. The number of non-ortho nitro benzene ring substituents is 1. The summed E-state index contributed by atoms with van der Waals surface area (Å²) in [4.78, 5) is 10.1. The Balaban J connectivity index is 2.73. The first kappa shape index (κ1) is 9.71. The molecule has 69 valence electrons. The lowest BCUT2D eigenvalue weighted by Gasteiger charge is -1.98. The molecule has 0 amide bonds. The zero-order valence-electron chi connectivity index (χ0n) is 7.56. The summed E-state index contributed by atoms with van der Waals surface area (Å²) in [6.07, 6.45) is 3.89. The molecule has 0 saturated heterocycles. The average molecular weight is 178 g/mol. The summed E-state index contributed by atoms with van der Waals surface area (Å²) in [6, 6.07) is 6.75. The Morgan fingerprint density at radius 1 is 1.54 bits per heavy atom. The molecule has 0 aliphatic carbocycles. The van der Waals surface area contributed by atoms with E-state index in [2.05, 4.69) is 13.3 Å². The van der Waals surface area contributed by atoms with Gasteiger partial charge >= 0.3 is 0 Å². The predicted octanol–water partition coefficient (Wildman–Crippen LogP) is 2.75. The predicted molar refractivity (Wildman–Crippen MR) is 51.4 cm³/mol. The van der Waals surface area contributed by atoms with Crippen molar-refractivity contribution in [3.63, 3.8) is 0 Å². The summed E-state index contributed by atoms with van der Waals surface area (Å²) in [7, 11) is 0. The molecule has 13 heavy (non-hydrogen) atoms. The largest absolute Gasteiger partial charge is 0.269 e. The van der Waals surface area contributed by atoms with Gasteiger partial charge in [-0.2, -0.15) is 0 Å². The van der Waals surface area contributed by atoms with E-state index in [1.54, 1.807) is 12.1 Å². The van der Waals surface area contributed by atoms with E-state index in [-0.39, 0.29) is 10.6 Å². The van der Waals surface area contributed by atoms with Gasteiger partial charge in [-0.3, -0.25) is 10.1 Å². The van der Waals surface area contributed by atoms with Crippen molar-refractivity contribution in [1.29, 1.82) is 0 Å². The lowest BCUT2D eigenvalue weighted by Crippen LogP contribution is -1.90. The smallest absolute Gasteiger partial charge is 0.258 e. The van der Waals surface area contributed by atoms with Crippen molar-refractivity contribution in [2.45, 2.75) is 19.8 Å². The first-order chi connectivity index (χ1) is 6.24.